The maximum absolute atomic E-state index is 2.39. The van der Waals surface area contributed by atoms with Gasteiger partial charge in [0.05, 0.1) is 0 Å². The van der Waals surface area contributed by atoms with Crippen LogP contribution in [-0.4, -0.2) is 0 Å². The standard InChI is InChI=1S/C29H24S/c1-17-5-7-18(8-6-17)25-16-22-13-19-9-10-20-14-23(29(2,3)4)15-21-11-12-24(28(22)30-25)27(19)26(20)21/h5-16H,1-4H3. The minimum Gasteiger partial charge on any atom is -0.135 e. The normalized spacial score (nSPS) is 12.7. The number of aryl methyl sites for hydroxylation is 1. The highest BCUT2D eigenvalue weighted by Crippen LogP contribution is 2.44. The summed E-state index contributed by atoms with van der Waals surface area (Å²) in [5.74, 6) is 0. The lowest BCUT2D eigenvalue weighted by atomic mass is 9.83. The van der Waals surface area contributed by atoms with Gasteiger partial charge in [-0.2, -0.15) is 0 Å². The number of benzene rings is 5. The summed E-state index contributed by atoms with van der Waals surface area (Å²) < 4.78 is 1.40. The quantitative estimate of drug-likeness (QED) is 0.240. The average Bonchev–Trinajstić information content (AvgIpc) is 3.15. The van der Waals surface area contributed by atoms with Crippen LogP contribution in [0.4, 0.5) is 0 Å². The van der Waals surface area contributed by atoms with Crippen LogP contribution in [0.15, 0.2) is 72.8 Å². The van der Waals surface area contributed by atoms with E-state index in [4.69, 9.17) is 0 Å². The van der Waals surface area contributed by atoms with Crippen LogP contribution in [-0.2, 0) is 5.41 Å². The van der Waals surface area contributed by atoms with Crippen molar-refractivity contribution in [2.75, 3.05) is 0 Å². The Kier molecular flexibility index (Phi) is 3.62. The minimum absolute atomic E-state index is 0.147. The third-order valence-corrected chi connectivity index (χ3v) is 7.63. The highest BCUT2D eigenvalue weighted by molar-refractivity contribution is 7.23. The highest BCUT2D eigenvalue weighted by atomic mass is 32.1. The summed E-state index contributed by atoms with van der Waals surface area (Å²) in [4.78, 5) is 1.34. The van der Waals surface area contributed by atoms with E-state index in [-0.39, 0.29) is 5.41 Å². The van der Waals surface area contributed by atoms with Gasteiger partial charge in [0.1, 0.15) is 0 Å². The van der Waals surface area contributed by atoms with E-state index in [1.54, 1.807) is 0 Å². The number of fused-ring (bicyclic) bond motifs is 2. The van der Waals surface area contributed by atoms with Crippen LogP contribution in [0.2, 0.25) is 0 Å². The van der Waals surface area contributed by atoms with Crippen molar-refractivity contribution in [2.24, 2.45) is 0 Å². The van der Waals surface area contributed by atoms with Crippen molar-refractivity contribution in [3.63, 3.8) is 0 Å². The summed E-state index contributed by atoms with van der Waals surface area (Å²) in [6.45, 7) is 9.02. The largest absolute Gasteiger partial charge is 0.135 e. The van der Waals surface area contributed by atoms with E-state index in [1.165, 1.54) is 64.0 Å². The fourth-order valence-electron chi connectivity index (χ4n) is 4.69. The van der Waals surface area contributed by atoms with E-state index in [2.05, 4.69) is 100 Å². The van der Waals surface area contributed by atoms with E-state index < -0.39 is 0 Å². The van der Waals surface area contributed by atoms with Gasteiger partial charge in [0, 0.05) is 15.0 Å². The van der Waals surface area contributed by atoms with Gasteiger partial charge in [-0.3, -0.25) is 0 Å². The van der Waals surface area contributed by atoms with Gasteiger partial charge in [-0.1, -0.05) is 87.0 Å². The zero-order chi connectivity index (χ0) is 20.6. The van der Waals surface area contributed by atoms with Gasteiger partial charge in [0.25, 0.3) is 0 Å². The summed E-state index contributed by atoms with van der Waals surface area (Å²) in [6.07, 6.45) is 0. The number of rotatable bonds is 1. The molecule has 0 nitrogen and oxygen atoms in total. The molecular weight excluding hydrogens is 380 g/mol. The third-order valence-electron chi connectivity index (χ3n) is 6.40. The van der Waals surface area contributed by atoms with Gasteiger partial charge in [-0.05, 0) is 67.9 Å². The molecule has 1 heterocycles. The Morgan fingerprint density at radius 1 is 0.633 bits per heavy atom. The molecule has 0 radical (unpaired) electrons. The first-order chi connectivity index (χ1) is 14.4. The predicted octanol–water partition coefficient (Wildman–Crippen LogP) is 9.07. The SMILES string of the molecule is Cc1ccc(-c2cc3cc4ccc5cc(C(C)(C)C)cc6ccc(c3s2)c4c56)cc1. The summed E-state index contributed by atoms with van der Waals surface area (Å²) in [7, 11) is 0. The van der Waals surface area contributed by atoms with E-state index in [0.717, 1.165) is 0 Å². The number of hydrogen-bond donors (Lipinski definition) is 0. The Morgan fingerprint density at radius 2 is 1.27 bits per heavy atom. The minimum atomic E-state index is 0.147. The summed E-state index contributed by atoms with van der Waals surface area (Å²) in [6, 6.07) is 27.7. The van der Waals surface area contributed by atoms with Crippen molar-refractivity contribution in [2.45, 2.75) is 33.1 Å². The van der Waals surface area contributed by atoms with E-state index >= 15 is 0 Å². The monoisotopic (exact) mass is 404 g/mol. The zero-order valence-electron chi connectivity index (χ0n) is 17.8. The van der Waals surface area contributed by atoms with Gasteiger partial charge >= 0.3 is 0 Å². The molecule has 0 bridgehead atoms. The Bertz CT molecular complexity index is 1540. The summed E-state index contributed by atoms with van der Waals surface area (Å²) in [5.41, 5.74) is 4.15. The molecule has 0 aliphatic heterocycles. The van der Waals surface area contributed by atoms with Gasteiger partial charge in [0.15, 0.2) is 0 Å². The molecule has 6 rings (SSSR count). The van der Waals surface area contributed by atoms with Crippen molar-refractivity contribution in [1.29, 1.82) is 0 Å². The molecule has 5 aromatic carbocycles. The lowest BCUT2D eigenvalue weighted by Gasteiger charge is -2.21. The molecule has 0 atom stereocenters. The second-order valence-corrected chi connectivity index (χ2v) is 10.6. The molecule has 0 fully saturated rings. The smallest absolute Gasteiger partial charge is 0.0428 e. The molecule has 0 unspecified atom stereocenters. The van der Waals surface area contributed by atoms with E-state index in [9.17, 15) is 0 Å². The molecule has 0 N–H and O–H groups in total. The molecule has 0 aliphatic rings. The van der Waals surface area contributed by atoms with Crippen molar-refractivity contribution in [3.8, 4) is 10.4 Å². The molecule has 0 spiro atoms. The summed E-state index contributed by atoms with van der Waals surface area (Å²) >= 11 is 1.92. The van der Waals surface area contributed by atoms with Crippen molar-refractivity contribution in [3.05, 3.63) is 83.9 Å². The topological polar surface area (TPSA) is 0 Å². The second-order valence-electron chi connectivity index (χ2n) is 9.60. The van der Waals surface area contributed by atoms with Crippen LogP contribution in [0.3, 0.4) is 0 Å². The van der Waals surface area contributed by atoms with Crippen molar-refractivity contribution in [1.82, 2.24) is 0 Å². The zero-order valence-corrected chi connectivity index (χ0v) is 18.7. The molecule has 0 aliphatic carbocycles. The summed E-state index contributed by atoms with van der Waals surface area (Å²) in [5, 5.41) is 9.59. The third kappa shape index (κ3) is 2.58. The van der Waals surface area contributed by atoms with Crippen LogP contribution >= 0.6 is 11.3 Å². The van der Waals surface area contributed by atoms with Gasteiger partial charge < -0.3 is 0 Å². The second kappa shape index (κ2) is 6.06. The van der Waals surface area contributed by atoms with E-state index in [0.29, 0.717) is 0 Å². The molecule has 1 aromatic heterocycles. The van der Waals surface area contributed by atoms with Gasteiger partial charge in [-0.15, -0.1) is 11.3 Å². The first kappa shape index (κ1) is 17.9. The van der Waals surface area contributed by atoms with Crippen LogP contribution in [0, 0.1) is 6.92 Å². The molecule has 0 amide bonds. The number of thiophene rings is 1. The predicted molar refractivity (Wildman–Crippen MR) is 134 cm³/mol. The van der Waals surface area contributed by atoms with Crippen LogP contribution < -0.4 is 0 Å². The first-order valence-corrected chi connectivity index (χ1v) is 11.4. The lowest BCUT2D eigenvalue weighted by molar-refractivity contribution is 0.591. The Balaban J connectivity index is 1.68. The molecule has 146 valence electrons. The van der Waals surface area contributed by atoms with Crippen molar-refractivity contribution < 1.29 is 0 Å². The Hall–Kier alpha value is -2.90. The average molecular weight is 405 g/mol. The maximum Gasteiger partial charge on any atom is 0.0428 e. The Morgan fingerprint density at radius 3 is 1.93 bits per heavy atom. The van der Waals surface area contributed by atoms with Crippen LogP contribution in [0.5, 0.6) is 0 Å². The fourth-order valence-corrected chi connectivity index (χ4v) is 5.86. The molecule has 0 saturated carbocycles. The molecule has 1 heteroatoms. The molecular formula is C29H24S. The molecule has 30 heavy (non-hydrogen) atoms. The molecule has 0 saturated heterocycles. The van der Waals surface area contributed by atoms with E-state index in [1.807, 2.05) is 11.3 Å². The van der Waals surface area contributed by atoms with Crippen molar-refractivity contribution >= 4 is 53.7 Å². The highest BCUT2D eigenvalue weighted by Gasteiger charge is 2.18. The number of hydrogen-bond acceptors (Lipinski definition) is 1. The van der Waals surface area contributed by atoms with Gasteiger partial charge in [0.2, 0.25) is 0 Å². The lowest BCUT2D eigenvalue weighted by Crippen LogP contribution is -2.10. The maximum atomic E-state index is 2.39. The first-order valence-electron chi connectivity index (χ1n) is 10.6. The molecule has 6 aromatic rings. The fraction of sp³-hybridized carbons (Fsp3) is 0.172. The van der Waals surface area contributed by atoms with Crippen LogP contribution in [0.1, 0.15) is 31.9 Å². The van der Waals surface area contributed by atoms with Gasteiger partial charge in [-0.25, -0.2) is 0 Å². The van der Waals surface area contributed by atoms with Crippen LogP contribution in [0.25, 0.3) is 52.8 Å². The Labute approximate surface area is 181 Å².